The summed E-state index contributed by atoms with van der Waals surface area (Å²) in [6, 6.07) is 12.2. The van der Waals surface area contributed by atoms with Crippen LogP contribution in [0.1, 0.15) is 10.4 Å². The van der Waals surface area contributed by atoms with Gasteiger partial charge >= 0.3 is 5.63 Å². The third-order valence-corrected chi connectivity index (χ3v) is 5.60. The highest BCUT2D eigenvalue weighted by molar-refractivity contribution is 7.92. The van der Waals surface area contributed by atoms with Crippen molar-refractivity contribution in [3.05, 3.63) is 64.5 Å². The SMILES string of the molecule is COc1ccc(OC)c(S(=O)(=O)CC(=O)c2cc3ccccc3oc2=O)c1. The van der Waals surface area contributed by atoms with E-state index in [2.05, 4.69) is 0 Å². The van der Waals surface area contributed by atoms with E-state index in [1.54, 1.807) is 24.3 Å². The number of carbonyl (C=O) groups excluding carboxylic acids is 1. The molecule has 27 heavy (non-hydrogen) atoms. The highest BCUT2D eigenvalue weighted by Gasteiger charge is 2.26. The molecule has 0 aliphatic carbocycles. The quantitative estimate of drug-likeness (QED) is 0.472. The van der Waals surface area contributed by atoms with E-state index in [4.69, 9.17) is 13.9 Å². The second-order valence-electron chi connectivity index (χ2n) is 5.68. The van der Waals surface area contributed by atoms with E-state index in [0.717, 1.165) is 0 Å². The van der Waals surface area contributed by atoms with Crippen LogP contribution in [0.15, 0.2) is 62.6 Å². The molecule has 1 heterocycles. The molecule has 0 aliphatic rings. The minimum absolute atomic E-state index is 0.0779. The highest BCUT2D eigenvalue weighted by Crippen LogP contribution is 2.29. The van der Waals surface area contributed by atoms with Crippen LogP contribution < -0.4 is 15.1 Å². The van der Waals surface area contributed by atoms with Crippen molar-refractivity contribution in [1.29, 1.82) is 0 Å². The average Bonchev–Trinajstić information content (AvgIpc) is 2.66. The molecule has 0 unspecified atom stereocenters. The van der Waals surface area contributed by atoms with E-state index < -0.39 is 27.0 Å². The Balaban J connectivity index is 2.01. The van der Waals surface area contributed by atoms with E-state index in [-0.39, 0.29) is 16.2 Å². The molecule has 0 fully saturated rings. The molecule has 2 aromatic carbocycles. The minimum atomic E-state index is -4.09. The first-order valence-corrected chi connectivity index (χ1v) is 9.52. The maximum atomic E-state index is 12.7. The van der Waals surface area contributed by atoms with Crippen LogP contribution in [0.4, 0.5) is 0 Å². The fourth-order valence-electron chi connectivity index (χ4n) is 2.61. The molecule has 0 bridgehead atoms. The molecule has 0 saturated carbocycles. The van der Waals surface area contributed by atoms with Crippen LogP contribution >= 0.6 is 0 Å². The Hall–Kier alpha value is -3.13. The minimum Gasteiger partial charge on any atom is -0.497 e. The summed E-state index contributed by atoms with van der Waals surface area (Å²) in [4.78, 5) is 24.4. The van der Waals surface area contributed by atoms with Crippen LogP contribution in [-0.4, -0.2) is 34.2 Å². The molecular weight excluding hydrogens is 372 g/mol. The Morgan fingerprint density at radius 1 is 1.04 bits per heavy atom. The maximum absolute atomic E-state index is 12.7. The summed E-state index contributed by atoms with van der Waals surface area (Å²) in [5, 5.41) is 0.525. The van der Waals surface area contributed by atoms with Crippen LogP contribution in [-0.2, 0) is 9.84 Å². The number of carbonyl (C=O) groups is 1. The summed E-state index contributed by atoms with van der Waals surface area (Å²) in [5.74, 6) is -1.39. The van der Waals surface area contributed by atoms with Gasteiger partial charge in [-0.3, -0.25) is 4.79 Å². The number of sulfone groups is 1. The van der Waals surface area contributed by atoms with Gasteiger partial charge in [0.25, 0.3) is 0 Å². The summed E-state index contributed by atoms with van der Waals surface area (Å²) in [7, 11) is -1.38. The lowest BCUT2D eigenvalue weighted by molar-refractivity contribution is 0.101. The average molecular weight is 388 g/mol. The molecule has 0 saturated heterocycles. The summed E-state index contributed by atoms with van der Waals surface area (Å²) >= 11 is 0. The van der Waals surface area contributed by atoms with Crippen molar-refractivity contribution in [3.8, 4) is 11.5 Å². The molecule has 7 nitrogen and oxygen atoms in total. The Labute approximate surface area is 155 Å². The van der Waals surface area contributed by atoms with Crippen LogP contribution in [0.25, 0.3) is 11.0 Å². The fraction of sp³-hybridized carbons (Fsp3) is 0.158. The van der Waals surface area contributed by atoms with E-state index >= 15 is 0 Å². The van der Waals surface area contributed by atoms with Gasteiger partial charge in [-0.15, -0.1) is 0 Å². The van der Waals surface area contributed by atoms with Gasteiger partial charge < -0.3 is 13.9 Å². The van der Waals surface area contributed by atoms with Crippen molar-refractivity contribution in [1.82, 2.24) is 0 Å². The van der Waals surface area contributed by atoms with Crippen molar-refractivity contribution in [2.75, 3.05) is 20.0 Å². The second-order valence-corrected chi connectivity index (χ2v) is 7.64. The zero-order valence-corrected chi connectivity index (χ0v) is 15.4. The van der Waals surface area contributed by atoms with Gasteiger partial charge in [-0.25, -0.2) is 13.2 Å². The van der Waals surface area contributed by atoms with Crippen molar-refractivity contribution in [3.63, 3.8) is 0 Å². The van der Waals surface area contributed by atoms with Gasteiger partial charge in [-0.2, -0.15) is 0 Å². The number of hydrogen-bond donors (Lipinski definition) is 0. The van der Waals surface area contributed by atoms with Gasteiger partial charge in [0.05, 0.1) is 14.2 Å². The van der Waals surface area contributed by atoms with Crippen LogP contribution in [0.5, 0.6) is 11.5 Å². The fourth-order valence-corrected chi connectivity index (χ4v) is 4.02. The monoisotopic (exact) mass is 388 g/mol. The lowest BCUT2D eigenvalue weighted by Crippen LogP contribution is -2.22. The standard InChI is InChI=1S/C19H16O7S/c1-24-13-7-8-17(25-2)18(10-13)27(22,23)11-15(20)14-9-12-5-3-4-6-16(12)26-19(14)21/h3-10H,11H2,1-2H3. The smallest absolute Gasteiger partial charge is 0.347 e. The van der Waals surface area contributed by atoms with Crippen molar-refractivity contribution in [2.45, 2.75) is 4.90 Å². The number of methoxy groups -OCH3 is 2. The molecule has 140 valence electrons. The summed E-state index contributed by atoms with van der Waals surface area (Å²) < 4.78 is 40.7. The Morgan fingerprint density at radius 2 is 1.78 bits per heavy atom. The molecule has 1 aromatic heterocycles. The van der Waals surface area contributed by atoms with Crippen molar-refractivity contribution >= 4 is 26.6 Å². The third-order valence-electron chi connectivity index (χ3n) is 3.97. The lowest BCUT2D eigenvalue weighted by Gasteiger charge is -2.11. The molecule has 0 amide bonds. The van der Waals surface area contributed by atoms with Gasteiger partial charge in [0, 0.05) is 11.5 Å². The molecule has 0 radical (unpaired) electrons. The first kappa shape index (κ1) is 18.7. The topological polar surface area (TPSA) is 99.9 Å². The van der Waals surface area contributed by atoms with Crippen LogP contribution in [0.2, 0.25) is 0 Å². The maximum Gasteiger partial charge on any atom is 0.347 e. The Kier molecular flexibility index (Phi) is 5.00. The van der Waals surface area contributed by atoms with E-state index in [0.29, 0.717) is 16.7 Å². The molecule has 3 aromatic rings. The summed E-state index contributed by atoms with van der Waals surface area (Å²) in [6.07, 6.45) is 0. The van der Waals surface area contributed by atoms with E-state index in [9.17, 15) is 18.0 Å². The van der Waals surface area contributed by atoms with Crippen LogP contribution in [0, 0.1) is 0 Å². The molecule has 0 atom stereocenters. The number of Topliss-reactive ketones (excluding diaryl/α,β-unsaturated/α-hetero) is 1. The second kappa shape index (κ2) is 7.24. The highest BCUT2D eigenvalue weighted by atomic mass is 32.2. The molecule has 3 rings (SSSR count). The number of fused-ring (bicyclic) bond motifs is 1. The number of rotatable bonds is 6. The first-order valence-electron chi connectivity index (χ1n) is 7.86. The molecule has 0 N–H and O–H groups in total. The van der Waals surface area contributed by atoms with Gasteiger partial charge in [0.1, 0.15) is 33.3 Å². The summed E-state index contributed by atoms with van der Waals surface area (Å²) in [5.41, 5.74) is -0.887. The third kappa shape index (κ3) is 3.70. The van der Waals surface area contributed by atoms with Gasteiger partial charge in [-0.1, -0.05) is 18.2 Å². The number of ether oxygens (including phenoxy) is 2. The Bertz CT molecular complexity index is 1180. The largest absolute Gasteiger partial charge is 0.497 e. The molecule has 0 spiro atoms. The molecule has 0 aliphatic heterocycles. The van der Waals surface area contributed by atoms with Crippen molar-refractivity contribution in [2.24, 2.45) is 0 Å². The lowest BCUT2D eigenvalue weighted by atomic mass is 10.1. The predicted octanol–water partition coefficient (Wildman–Crippen LogP) is 2.47. The number of para-hydroxylation sites is 1. The summed E-state index contributed by atoms with van der Waals surface area (Å²) in [6.45, 7) is 0. The number of benzene rings is 2. The van der Waals surface area contributed by atoms with Crippen molar-refractivity contribution < 1.29 is 27.1 Å². The van der Waals surface area contributed by atoms with Crippen LogP contribution in [0.3, 0.4) is 0 Å². The number of hydrogen-bond acceptors (Lipinski definition) is 7. The molecular formula is C19H16O7S. The first-order chi connectivity index (χ1) is 12.9. The zero-order chi connectivity index (χ0) is 19.6. The van der Waals surface area contributed by atoms with Gasteiger partial charge in [0.2, 0.25) is 0 Å². The number of ketones is 1. The normalized spacial score (nSPS) is 11.3. The molecule has 8 heteroatoms. The predicted molar refractivity (Wildman–Crippen MR) is 98.4 cm³/mol. The zero-order valence-electron chi connectivity index (χ0n) is 14.6. The van der Waals surface area contributed by atoms with Gasteiger partial charge in [-0.05, 0) is 24.3 Å². The van der Waals surface area contributed by atoms with Gasteiger partial charge in [0.15, 0.2) is 15.6 Å². The van der Waals surface area contributed by atoms with E-state index in [1.165, 1.54) is 38.5 Å². The Morgan fingerprint density at radius 3 is 2.48 bits per heavy atom. The van der Waals surface area contributed by atoms with E-state index in [1.807, 2.05) is 0 Å².